The standard InChI is InChI=1S/C14H13N5O4S/c1-8(10-4-2-3-5-11(10)19(22)23)17-18-13(21)7-9-6-12(20)16-14(24)15-9/h2-6H,7H2,1H3,(H,18,21)(H2,15,16,20,24)/b17-8-. The van der Waals surface area contributed by atoms with Crippen molar-refractivity contribution in [2.24, 2.45) is 5.10 Å². The van der Waals surface area contributed by atoms with Crippen LogP contribution in [0, 0.1) is 14.9 Å². The van der Waals surface area contributed by atoms with E-state index in [0.717, 1.165) is 0 Å². The van der Waals surface area contributed by atoms with E-state index in [4.69, 9.17) is 12.2 Å². The highest BCUT2D eigenvalue weighted by Crippen LogP contribution is 2.18. The molecule has 0 aliphatic rings. The van der Waals surface area contributed by atoms with Crippen molar-refractivity contribution in [1.29, 1.82) is 0 Å². The van der Waals surface area contributed by atoms with Crippen molar-refractivity contribution in [1.82, 2.24) is 15.4 Å². The van der Waals surface area contributed by atoms with Gasteiger partial charge in [-0.05, 0) is 25.2 Å². The molecular formula is C14H13N5O4S. The quantitative estimate of drug-likeness (QED) is 0.325. The van der Waals surface area contributed by atoms with Gasteiger partial charge in [0.2, 0.25) is 5.91 Å². The molecule has 0 saturated heterocycles. The van der Waals surface area contributed by atoms with E-state index in [2.05, 4.69) is 20.5 Å². The fourth-order valence-corrected chi connectivity index (χ4v) is 2.20. The Morgan fingerprint density at radius 1 is 1.38 bits per heavy atom. The number of rotatable bonds is 5. The first-order chi connectivity index (χ1) is 11.4. The summed E-state index contributed by atoms with van der Waals surface area (Å²) < 4.78 is 0.116. The van der Waals surface area contributed by atoms with Gasteiger partial charge in [0.05, 0.1) is 22.6 Å². The molecule has 0 bridgehead atoms. The summed E-state index contributed by atoms with van der Waals surface area (Å²) in [4.78, 5) is 38.7. The van der Waals surface area contributed by atoms with Crippen molar-refractivity contribution in [3.63, 3.8) is 0 Å². The predicted octanol–water partition coefficient (Wildman–Crippen LogP) is 1.42. The number of hydrogen-bond acceptors (Lipinski definition) is 6. The summed E-state index contributed by atoms with van der Waals surface area (Å²) in [5.74, 6) is -0.496. The Labute approximate surface area is 140 Å². The number of para-hydroxylation sites is 1. The highest BCUT2D eigenvalue weighted by atomic mass is 32.1. The zero-order chi connectivity index (χ0) is 17.7. The van der Waals surface area contributed by atoms with Crippen molar-refractivity contribution in [3.8, 4) is 0 Å². The minimum atomic E-state index is -0.521. The van der Waals surface area contributed by atoms with E-state index in [1.54, 1.807) is 19.1 Å². The normalized spacial score (nSPS) is 11.1. The largest absolute Gasteiger partial charge is 0.335 e. The number of aromatic nitrogens is 2. The molecule has 0 radical (unpaired) electrons. The van der Waals surface area contributed by atoms with Gasteiger partial charge in [-0.2, -0.15) is 5.10 Å². The molecule has 0 aliphatic carbocycles. The maximum absolute atomic E-state index is 11.9. The molecule has 0 aliphatic heterocycles. The van der Waals surface area contributed by atoms with Gasteiger partial charge in [-0.1, -0.05) is 12.1 Å². The Bertz CT molecular complexity index is 903. The maximum Gasteiger partial charge on any atom is 0.278 e. The first-order valence-corrected chi connectivity index (χ1v) is 7.17. The molecule has 0 unspecified atom stereocenters. The summed E-state index contributed by atoms with van der Waals surface area (Å²) in [5.41, 5.74) is 2.70. The molecule has 0 saturated carbocycles. The molecule has 1 heterocycles. The predicted molar refractivity (Wildman–Crippen MR) is 89.4 cm³/mol. The third-order valence-corrected chi connectivity index (χ3v) is 3.21. The topological polar surface area (TPSA) is 133 Å². The summed E-state index contributed by atoms with van der Waals surface area (Å²) >= 11 is 4.81. The number of H-pyrrole nitrogens is 2. The fourth-order valence-electron chi connectivity index (χ4n) is 1.97. The minimum absolute atomic E-state index is 0.105. The first kappa shape index (κ1) is 17.2. The van der Waals surface area contributed by atoms with Gasteiger partial charge in [0.1, 0.15) is 0 Å². The number of carbonyl (C=O) groups is 1. The average molecular weight is 347 g/mol. The summed E-state index contributed by atoms with van der Waals surface area (Å²) in [6.45, 7) is 1.54. The molecule has 1 amide bonds. The van der Waals surface area contributed by atoms with Gasteiger partial charge < -0.3 is 4.98 Å². The Hall–Kier alpha value is -3.14. The third kappa shape index (κ3) is 4.43. The van der Waals surface area contributed by atoms with E-state index in [1.807, 2.05) is 0 Å². The fraction of sp³-hybridized carbons (Fsp3) is 0.143. The van der Waals surface area contributed by atoms with Gasteiger partial charge in [-0.3, -0.25) is 24.7 Å². The number of nitrogens with one attached hydrogen (secondary N) is 3. The number of nitrogens with zero attached hydrogens (tertiary/aromatic N) is 2. The molecule has 1 aromatic carbocycles. The lowest BCUT2D eigenvalue weighted by atomic mass is 10.1. The van der Waals surface area contributed by atoms with Gasteiger partial charge in [-0.25, -0.2) is 5.43 Å². The van der Waals surface area contributed by atoms with Crippen molar-refractivity contribution in [2.75, 3.05) is 0 Å². The van der Waals surface area contributed by atoms with Crippen LogP contribution in [0.3, 0.4) is 0 Å². The molecular weight excluding hydrogens is 334 g/mol. The summed E-state index contributed by atoms with van der Waals surface area (Å²) in [6.07, 6.45) is -0.138. The first-order valence-electron chi connectivity index (χ1n) is 6.76. The molecule has 24 heavy (non-hydrogen) atoms. The SMILES string of the molecule is C/C(=N/NC(=O)Cc1cc(=O)[nH]c(=S)[nH]1)c1ccccc1[N+](=O)[O-]. The van der Waals surface area contributed by atoms with Crippen molar-refractivity contribution >= 4 is 29.5 Å². The second-order valence-electron chi connectivity index (χ2n) is 4.80. The Kier molecular flexibility index (Phi) is 5.32. The number of benzene rings is 1. The van der Waals surface area contributed by atoms with Crippen molar-refractivity contribution in [3.05, 3.63) is 66.8 Å². The van der Waals surface area contributed by atoms with E-state index in [0.29, 0.717) is 11.3 Å². The van der Waals surface area contributed by atoms with Gasteiger partial charge in [0, 0.05) is 17.8 Å². The lowest BCUT2D eigenvalue weighted by molar-refractivity contribution is -0.385. The van der Waals surface area contributed by atoms with Gasteiger partial charge >= 0.3 is 0 Å². The second kappa shape index (κ2) is 7.42. The van der Waals surface area contributed by atoms with Crippen LogP contribution in [-0.4, -0.2) is 26.5 Å². The van der Waals surface area contributed by atoms with Crippen molar-refractivity contribution in [2.45, 2.75) is 13.3 Å². The second-order valence-corrected chi connectivity index (χ2v) is 5.20. The van der Waals surface area contributed by atoms with Crippen molar-refractivity contribution < 1.29 is 9.72 Å². The molecule has 124 valence electrons. The van der Waals surface area contributed by atoms with Gasteiger partial charge in [-0.15, -0.1) is 0 Å². The van der Waals surface area contributed by atoms with Crippen LogP contribution in [0.1, 0.15) is 18.2 Å². The minimum Gasteiger partial charge on any atom is -0.335 e. The lowest BCUT2D eigenvalue weighted by Crippen LogP contribution is -2.23. The number of hydrogen-bond donors (Lipinski definition) is 3. The molecule has 10 heteroatoms. The number of aromatic amines is 2. The summed E-state index contributed by atoms with van der Waals surface area (Å²) in [5, 5.41) is 14.9. The van der Waals surface area contributed by atoms with Crippen LogP contribution >= 0.6 is 12.2 Å². The van der Waals surface area contributed by atoms with Crippen LogP contribution in [0.5, 0.6) is 0 Å². The third-order valence-electron chi connectivity index (χ3n) is 3.01. The zero-order valence-electron chi connectivity index (χ0n) is 12.5. The Balaban J connectivity index is 2.12. The molecule has 9 nitrogen and oxygen atoms in total. The number of nitro groups is 1. The van der Waals surface area contributed by atoms with Crippen LogP contribution < -0.4 is 11.0 Å². The van der Waals surface area contributed by atoms with Crippen LogP contribution in [0.4, 0.5) is 5.69 Å². The molecule has 2 rings (SSSR count). The zero-order valence-corrected chi connectivity index (χ0v) is 13.3. The van der Waals surface area contributed by atoms with E-state index in [1.165, 1.54) is 18.2 Å². The van der Waals surface area contributed by atoms with Crippen LogP contribution in [0.25, 0.3) is 0 Å². The number of amides is 1. The van der Waals surface area contributed by atoms with Crippen LogP contribution in [-0.2, 0) is 11.2 Å². The van der Waals surface area contributed by atoms with E-state index >= 15 is 0 Å². The Morgan fingerprint density at radius 2 is 2.08 bits per heavy atom. The van der Waals surface area contributed by atoms with E-state index in [9.17, 15) is 19.7 Å². The number of hydrazone groups is 1. The molecule has 2 aromatic rings. The van der Waals surface area contributed by atoms with Crippen LogP contribution in [0.15, 0.2) is 40.2 Å². The molecule has 0 spiro atoms. The van der Waals surface area contributed by atoms with E-state index in [-0.39, 0.29) is 22.6 Å². The highest BCUT2D eigenvalue weighted by Gasteiger charge is 2.15. The average Bonchev–Trinajstić information content (AvgIpc) is 2.51. The summed E-state index contributed by atoms with van der Waals surface area (Å²) in [6, 6.07) is 7.29. The smallest absolute Gasteiger partial charge is 0.278 e. The maximum atomic E-state index is 11.9. The lowest BCUT2D eigenvalue weighted by Gasteiger charge is -2.04. The monoisotopic (exact) mass is 347 g/mol. The summed E-state index contributed by atoms with van der Waals surface area (Å²) in [7, 11) is 0. The van der Waals surface area contributed by atoms with Gasteiger partial charge in [0.15, 0.2) is 4.77 Å². The number of nitro benzene ring substituents is 1. The molecule has 0 fully saturated rings. The van der Waals surface area contributed by atoms with E-state index < -0.39 is 16.4 Å². The van der Waals surface area contributed by atoms with Crippen LogP contribution in [0.2, 0.25) is 0 Å². The Morgan fingerprint density at radius 3 is 2.75 bits per heavy atom. The highest BCUT2D eigenvalue weighted by molar-refractivity contribution is 7.71. The molecule has 3 N–H and O–H groups in total. The van der Waals surface area contributed by atoms with Gasteiger partial charge in [0.25, 0.3) is 11.2 Å². The molecule has 1 aromatic heterocycles. The molecule has 0 atom stereocenters. The number of carbonyl (C=O) groups excluding carboxylic acids is 1.